The van der Waals surface area contributed by atoms with Crippen molar-refractivity contribution in [2.75, 3.05) is 26.8 Å². The maximum atomic E-state index is 11.5. The monoisotopic (exact) mass is 216 g/mol. The number of nitrogens with zero attached hydrogens (tertiary/aromatic N) is 1. The molecule has 1 rings (SSSR count). The molecular formula is C9H16N2O4. The van der Waals surface area contributed by atoms with Crippen molar-refractivity contribution in [3.63, 3.8) is 0 Å². The first-order valence-electron chi connectivity index (χ1n) is 4.92. The highest BCUT2D eigenvalue weighted by Crippen LogP contribution is 2.07. The van der Waals surface area contributed by atoms with Crippen LogP contribution in [0.3, 0.4) is 0 Å². The van der Waals surface area contributed by atoms with Crippen LogP contribution in [0.1, 0.15) is 12.8 Å². The minimum absolute atomic E-state index is 0.0189. The summed E-state index contributed by atoms with van der Waals surface area (Å²) in [6.07, 6.45) is 1.96. The molecule has 6 nitrogen and oxygen atoms in total. The molecule has 2 amide bonds. The minimum atomic E-state index is -1.08. The lowest BCUT2D eigenvalue weighted by Crippen LogP contribution is -2.49. The minimum Gasteiger partial charge on any atom is -0.480 e. The first kappa shape index (κ1) is 11.8. The van der Waals surface area contributed by atoms with Crippen LogP contribution in [0.5, 0.6) is 0 Å². The molecule has 1 heterocycles. The van der Waals surface area contributed by atoms with Gasteiger partial charge in [0.25, 0.3) is 0 Å². The van der Waals surface area contributed by atoms with E-state index in [0.717, 1.165) is 12.8 Å². The van der Waals surface area contributed by atoms with Crippen molar-refractivity contribution >= 4 is 12.0 Å². The number of aliphatic carboxylic acids is 1. The van der Waals surface area contributed by atoms with E-state index < -0.39 is 12.0 Å². The van der Waals surface area contributed by atoms with Crippen molar-refractivity contribution < 1.29 is 19.4 Å². The van der Waals surface area contributed by atoms with Gasteiger partial charge in [-0.25, -0.2) is 9.59 Å². The highest BCUT2D eigenvalue weighted by atomic mass is 16.5. The molecule has 0 saturated carbocycles. The maximum Gasteiger partial charge on any atom is 0.328 e. The number of urea groups is 1. The number of ether oxygens (including phenoxy) is 1. The molecule has 2 N–H and O–H groups in total. The quantitative estimate of drug-likeness (QED) is 0.687. The van der Waals surface area contributed by atoms with Crippen LogP contribution in [0.25, 0.3) is 0 Å². The Kier molecular flexibility index (Phi) is 4.36. The predicted octanol–water partition coefficient (Wildman–Crippen LogP) is -0.109. The fourth-order valence-electron chi connectivity index (χ4n) is 1.50. The summed E-state index contributed by atoms with van der Waals surface area (Å²) in [6, 6.07) is -1.29. The topological polar surface area (TPSA) is 78.9 Å². The van der Waals surface area contributed by atoms with E-state index in [1.165, 1.54) is 7.11 Å². The molecule has 0 spiro atoms. The highest BCUT2D eigenvalue weighted by molar-refractivity contribution is 5.82. The Bertz CT molecular complexity index is 238. The second kappa shape index (κ2) is 5.55. The third-order valence-electron chi connectivity index (χ3n) is 2.32. The first-order chi connectivity index (χ1) is 7.15. The Balaban J connectivity index is 2.42. The Hall–Kier alpha value is -1.30. The first-order valence-corrected chi connectivity index (χ1v) is 4.92. The van der Waals surface area contributed by atoms with Crippen LogP contribution in [-0.2, 0) is 9.53 Å². The van der Waals surface area contributed by atoms with Crippen LogP contribution >= 0.6 is 0 Å². The Morgan fingerprint density at radius 3 is 2.53 bits per heavy atom. The lowest BCUT2D eigenvalue weighted by Gasteiger charge is -2.19. The van der Waals surface area contributed by atoms with E-state index in [0.29, 0.717) is 13.1 Å². The van der Waals surface area contributed by atoms with Crippen molar-refractivity contribution in [3.8, 4) is 0 Å². The summed E-state index contributed by atoms with van der Waals surface area (Å²) in [5.41, 5.74) is 0. The fourth-order valence-corrected chi connectivity index (χ4v) is 1.50. The molecule has 0 aromatic heterocycles. The van der Waals surface area contributed by atoms with E-state index in [1.807, 2.05) is 0 Å². The third kappa shape index (κ3) is 3.39. The molecule has 0 bridgehead atoms. The van der Waals surface area contributed by atoms with Gasteiger partial charge in [-0.05, 0) is 12.8 Å². The largest absolute Gasteiger partial charge is 0.480 e. The number of carbonyl (C=O) groups is 2. The lowest BCUT2D eigenvalue weighted by molar-refractivity contribution is -0.140. The molecule has 1 saturated heterocycles. The second-order valence-electron chi connectivity index (χ2n) is 3.49. The molecule has 1 unspecified atom stereocenters. The van der Waals surface area contributed by atoms with Gasteiger partial charge in [0.2, 0.25) is 0 Å². The number of hydrogen-bond donors (Lipinski definition) is 2. The molecule has 1 aliphatic heterocycles. The number of carboxylic acid groups (broad SMARTS) is 1. The number of nitrogens with one attached hydrogen (secondary N) is 1. The van der Waals surface area contributed by atoms with E-state index in [2.05, 4.69) is 5.32 Å². The molecular weight excluding hydrogens is 200 g/mol. The van der Waals surface area contributed by atoms with Gasteiger partial charge >= 0.3 is 12.0 Å². The van der Waals surface area contributed by atoms with Crippen molar-refractivity contribution in [1.82, 2.24) is 10.2 Å². The van der Waals surface area contributed by atoms with Gasteiger partial charge < -0.3 is 20.1 Å². The van der Waals surface area contributed by atoms with Crippen molar-refractivity contribution in [3.05, 3.63) is 0 Å². The number of amides is 2. The number of carboxylic acids is 1. The predicted molar refractivity (Wildman–Crippen MR) is 52.6 cm³/mol. The molecule has 0 radical (unpaired) electrons. The maximum absolute atomic E-state index is 11.5. The average Bonchev–Trinajstić information content (AvgIpc) is 2.69. The molecule has 6 heteroatoms. The van der Waals surface area contributed by atoms with Gasteiger partial charge in [-0.15, -0.1) is 0 Å². The van der Waals surface area contributed by atoms with Crippen LogP contribution in [0.4, 0.5) is 4.79 Å². The van der Waals surface area contributed by atoms with E-state index in [9.17, 15) is 9.59 Å². The number of carbonyl (C=O) groups excluding carboxylic acids is 1. The Morgan fingerprint density at radius 1 is 1.47 bits per heavy atom. The number of methoxy groups -OCH3 is 1. The van der Waals surface area contributed by atoms with Gasteiger partial charge in [0.05, 0.1) is 6.61 Å². The number of likely N-dealkylation sites (tertiary alicyclic amines) is 1. The lowest BCUT2D eigenvalue weighted by atomic mass is 10.3. The summed E-state index contributed by atoms with van der Waals surface area (Å²) in [6.45, 7) is 1.38. The van der Waals surface area contributed by atoms with Gasteiger partial charge in [-0.1, -0.05) is 0 Å². The van der Waals surface area contributed by atoms with Gasteiger partial charge in [0, 0.05) is 20.2 Å². The molecule has 86 valence electrons. The zero-order chi connectivity index (χ0) is 11.3. The summed E-state index contributed by atoms with van der Waals surface area (Å²) in [7, 11) is 1.40. The number of hydrogen-bond acceptors (Lipinski definition) is 3. The zero-order valence-electron chi connectivity index (χ0n) is 8.73. The van der Waals surface area contributed by atoms with Crippen molar-refractivity contribution in [1.29, 1.82) is 0 Å². The molecule has 1 fully saturated rings. The van der Waals surface area contributed by atoms with Gasteiger partial charge in [-0.3, -0.25) is 0 Å². The Labute approximate surface area is 88.2 Å². The van der Waals surface area contributed by atoms with Gasteiger partial charge in [-0.2, -0.15) is 0 Å². The molecule has 0 aromatic carbocycles. The van der Waals surface area contributed by atoms with Crippen molar-refractivity contribution in [2.45, 2.75) is 18.9 Å². The van der Waals surface area contributed by atoms with Crippen LogP contribution in [0.2, 0.25) is 0 Å². The van der Waals surface area contributed by atoms with Crippen LogP contribution in [0.15, 0.2) is 0 Å². The second-order valence-corrected chi connectivity index (χ2v) is 3.49. The normalized spacial score (nSPS) is 17.5. The summed E-state index contributed by atoms with van der Waals surface area (Å²) < 4.78 is 4.71. The summed E-state index contributed by atoms with van der Waals surface area (Å²) in [5.74, 6) is -1.08. The van der Waals surface area contributed by atoms with Crippen LogP contribution < -0.4 is 5.32 Å². The SMILES string of the molecule is COCC(NC(=O)N1CCCC1)C(=O)O. The average molecular weight is 216 g/mol. The smallest absolute Gasteiger partial charge is 0.328 e. The van der Waals surface area contributed by atoms with Crippen LogP contribution in [-0.4, -0.2) is 54.9 Å². The standard InChI is InChI=1S/C9H16N2O4/c1-15-6-7(8(12)13)10-9(14)11-4-2-3-5-11/h7H,2-6H2,1H3,(H,10,14)(H,12,13). The van der Waals surface area contributed by atoms with E-state index in [1.54, 1.807) is 4.90 Å². The van der Waals surface area contributed by atoms with Crippen LogP contribution in [0, 0.1) is 0 Å². The Morgan fingerprint density at radius 2 is 2.07 bits per heavy atom. The summed E-state index contributed by atoms with van der Waals surface area (Å²) in [5, 5.41) is 11.2. The van der Waals surface area contributed by atoms with E-state index in [4.69, 9.17) is 9.84 Å². The summed E-state index contributed by atoms with van der Waals surface area (Å²) in [4.78, 5) is 23.9. The molecule has 0 aromatic rings. The third-order valence-corrected chi connectivity index (χ3v) is 2.32. The van der Waals surface area contributed by atoms with E-state index >= 15 is 0 Å². The van der Waals surface area contributed by atoms with Crippen molar-refractivity contribution in [2.24, 2.45) is 0 Å². The highest BCUT2D eigenvalue weighted by Gasteiger charge is 2.24. The molecule has 0 aliphatic carbocycles. The number of rotatable bonds is 4. The molecule has 15 heavy (non-hydrogen) atoms. The zero-order valence-corrected chi connectivity index (χ0v) is 8.73. The van der Waals surface area contributed by atoms with Gasteiger partial charge in [0.15, 0.2) is 6.04 Å². The summed E-state index contributed by atoms with van der Waals surface area (Å²) >= 11 is 0. The molecule has 1 atom stereocenters. The van der Waals surface area contributed by atoms with Gasteiger partial charge in [0.1, 0.15) is 0 Å². The molecule has 1 aliphatic rings. The van der Waals surface area contributed by atoms with E-state index in [-0.39, 0.29) is 12.6 Å². The fraction of sp³-hybridized carbons (Fsp3) is 0.778.